The molecule has 0 atom stereocenters. The molecule has 2 amide bonds. The van der Waals surface area contributed by atoms with Gasteiger partial charge >= 0.3 is 5.91 Å². The van der Waals surface area contributed by atoms with E-state index in [1.807, 2.05) is 0 Å². The molecule has 0 unspecified atom stereocenters. The second-order valence-corrected chi connectivity index (χ2v) is 1.12. The van der Waals surface area contributed by atoms with E-state index in [9.17, 15) is 9.59 Å². The van der Waals surface area contributed by atoms with E-state index < -0.39 is 11.8 Å². The van der Waals surface area contributed by atoms with E-state index >= 15 is 0 Å². The molecule has 0 fully saturated rings. The van der Waals surface area contributed by atoms with Crippen molar-refractivity contribution in [3.05, 3.63) is 0 Å². The van der Waals surface area contributed by atoms with Crippen LogP contribution in [0.4, 0.5) is 0 Å². The van der Waals surface area contributed by atoms with Crippen LogP contribution in [0, 0.1) is 11.3 Å². The summed E-state index contributed by atoms with van der Waals surface area (Å²) >= 11 is 0. The van der Waals surface area contributed by atoms with Gasteiger partial charge in [-0.1, -0.05) is 0 Å². The highest BCUT2D eigenvalue weighted by atomic mass is 16.2. The first-order valence-corrected chi connectivity index (χ1v) is 1.88. The summed E-state index contributed by atoms with van der Waals surface area (Å²) in [5, 5.41) is 9.52. The number of carbonyl (C=O) groups excluding carboxylic acids is 2. The predicted molar refractivity (Wildman–Crippen MR) is 24.4 cm³/mol. The van der Waals surface area contributed by atoms with Crippen LogP contribution in [0.3, 0.4) is 0 Å². The zero-order valence-corrected chi connectivity index (χ0v) is 4.26. The van der Waals surface area contributed by atoms with Crippen molar-refractivity contribution in [1.82, 2.24) is 5.32 Å². The maximum atomic E-state index is 9.93. The van der Waals surface area contributed by atoms with Gasteiger partial charge in [-0.05, 0) is 0 Å². The minimum atomic E-state index is -0.919. The Hall–Kier alpha value is -1.37. The van der Waals surface area contributed by atoms with Crippen LogP contribution in [0.25, 0.3) is 0 Å². The normalized spacial score (nSPS) is 7.00. The van der Waals surface area contributed by atoms with Gasteiger partial charge in [0, 0.05) is 6.92 Å². The molecule has 0 aliphatic rings. The van der Waals surface area contributed by atoms with Crippen molar-refractivity contribution in [3.63, 3.8) is 0 Å². The Bertz CT molecular complexity index is 156. The molecule has 1 N–H and O–H groups in total. The summed E-state index contributed by atoms with van der Waals surface area (Å²) in [5.74, 6) is -1.44. The number of hydrogen-bond acceptors (Lipinski definition) is 3. The van der Waals surface area contributed by atoms with Crippen molar-refractivity contribution in [3.8, 4) is 6.07 Å². The van der Waals surface area contributed by atoms with Gasteiger partial charge in [-0.15, -0.1) is 0 Å². The largest absolute Gasteiger partial charge is 0.328 e. The first kappa shape index (κ1) is 6.63. The zero-order valence-electron chi connectivity index (χ0n) is 4.26. The summed E-state index contributed by atoms with van der Waals surface area (Å²) in [4.78, 5) is 19.9. The van der Waals surface area contributed by atoms with Gasteiger partial charge in [0.25, 0.3) is 0 Å². The smallest absolute Gasteiger partial charge is 0.284 e. The summed E-state index contributed by atoms with van der Waals surface area (Å²) in [7, 11) is 0. The monoisotopic (exact) mass is 112 g/mol. The van der Waals surface area contributed by atoms with Gasteiger partial charge in [0.15, 0.2) is 6.07 Å². The van der Waals surface area contributed by atoms with E-state index in [1.165, 1.54) is 6.07 Å². The molecule has 0 aromatic carbocycles. The molecule has 0 aromatic heterocycles. The Kier molecular flexibility index (Phi) is 2.28. The Morgan fingerprint density at radius 2 is 2.12 bits per heavy atom. The van der Waals surface area contributed by atoms with Crippen LogP contribution in [-0.2, 0) is 9.59 Å². The number of carbonyl (C=O) groups is 2. The molecule has 0 aromatic rings. The molecule has 42 valence electrons. The SMILES string of the molecule is CC(=O)NC(=O)C#N. The van der Waals surface area contributed by atoms with Crippen LogP contribution < -0.4 is 5.32 Å². The molecule has 0 aliphatic carbocycles. The summed E-state index contributed by atoms with van der Waals surface area (Å²) < 4.78 is 0. The number of nitrogens with one attached hydrogen (secondary N) is 1. The molecule has 0 spiro atoms. The van der Waals surface area contributed by atoms with Crippen molar-refractivity contribution in [2.24, 2.45) is 0 Å². The highest BCUT2D eigenvalue weighted by Gasteiger charge is 1.97. The summed E-state index contributed by atoms with van der Waals surface area (Å²) in [6.07, 6.45) is 0. The Balaban J connectivity index is 3.61. The van der Waals surface area contributed by atoms with Gasteiger partial charge in [-0.2, -0.15) is 5.26 Å². The van der Waals surface area contributed by atoms with Gasteiger partial charge < -0.3 is 0 Å². The highest BCUT2D eigenvalue weighted by molar-refractivity contribution is 6.02. The fourth-order valence-corrected chi connectivity index (χ4v) is 0.188. The lowest BCUT2D eigenvalue weighted by Gasteiger charge is -1.85. The maximum Gasteiger partial charge on any atom is 0.328 e. The number of nitrogens with zero attached hydrogens (tertiary/aromatic N) is 1. The predicted octanol–water partition coefficient (Wildman–Crippen LogP) is -0.827. The van der Waals surface area contributed by atoms with E-state index in [2.05, 4.69) is 0 Å². The van der Waals surface area contributed by atoms with E-state index in [4.69, 9.17) is 5.26 Å². The Labute approximate surface area is 46.1 Å². The third-order valence-corrected chi connectivity index (χ3v) is 0.391. The maximum absolute atomic E-state index is 9.93. The minimum Gasteiger partial charge on any atom is -0.284 e. The molecule has 4 nitrogen and oxygen atoms in total. The number of hydrogen-bond donors (Lipinski definition) is 1. The van der Waals surface area contributed by atoms with Gasteiger partial charge in [0.05, 0.1) is 0 Å². The highest BCUT2D eigenvalue weighted by Crippen LogP contribution is 1.59. The number of nitriles is 1. The molecule has 4 heteroatoms. The van der Waals surface area contributed by atoms with Crippen molar-refractivity contribution in [2.75, 3.05) is 0 Å². The van der Waals surface area contributed by atoms with E-state index in [1.54, 1.807) is 5.32 Å². The van der Waals surface area contributed by atoms with Gasteiger partial charge in [-0.25, -0.2) is 0 Å². The fraction of sp³-hybridized carbons (Fsp3) is 0.250. The fourth-order valence-electron chi connectivity index (χ4n) is 0.188. The van der Waals surface area contributed by atoms with Crippen molar-refractivity contribution in [2.45, 2.75) is 6.92 Å². The second-order valence-electron chi connectivity index (χ2n) is 1.12. The van der Waals surface area contributed by atoms with Crippen LogP contribution in [0.2, 0.25) is 0 Å². The molecule has 8 heavy (non-hydrogen) atoms. The zero-order chi connectivity index (χ0) is 6.57. The van der Waals surface area contributed by atoms with Gasteiger partial charge in [0.1, 0.15) is 0 Å². The quantitative estimate of drug-likeness (QED) is 0.416. The molecule has 0 bridgehead atoms. The van der Waals surface area contributed by atoms with Gasteiger partial charge in [0.2, 0.25) is 5.91 Å². The van der Waals surface area contributed by atoms with Crippen LogP contribution in [0.1, 0.15) is 6.92 Å². The van der Waals surface area contributed by atoms with Crippen molar-refractivity contribution >= 4 is 11.8 Å². The Morgan fingerprint density at radius 1 is 1.62 bits per heavy atom. The summed E-state index contributed by atoms with van der Waals surface area (Å²) in [5.41, 5.74) is 0. The first-order chi connectivity index (χ1) is 3.66. The topological polar surface area (TPSA) is 70.0 Å². The average molecular weight is 112 g/mol. The molecular formula is C4H4N2O2. The van der Waals surface area contributed by atoms with E-state index in [0.29, 0.717) is 0 Å². The van der Waals surface area contributed by atoms with Crippen LogP contribution >= 0.6 is 0 Å². The molecule has 0 heterocycles. The summed E-state index contributed by atoms with van der Waals surface area (Å²) in [6, 6.07) is 1.23. The van der Waals surface area contributed by atoms with Crippen LogP contribution in [-0.4, -0.2) is 11.8 Å². The third-order valence-electron chi connectivity index (χ3n) is 0.391. The number of amides is 2. The van der Waals surface area contributed by atoms with E-state index in [-0.39, 0.29) is 0 Å². The summed E-state index contributed by atoms with van der Waals surface area (Å²) in [6.45, 7) is 1.16. The average Bonchev–Trinajstić information content (AvgIpc) is 1.65. The second kappa shape index (κ2) is 2.75. The lowest BCUT2D eigenvalue weighted by atomic mass is 10.6. The van der Waals surface area contributed by atoms with E-state index in [0.717, 1.165) is 6.92 Å². The Morgan fingerprint density at radius 3 is 2.25 bits per heavy atom. The molecule has 0 rings (SSSR count). The standard InChI is InChI=1S/C4H4N2O2/c1-3(7)6-4(8)2-5/h1H3,(H,6,7,8). The first-order valence-electron chi connectivity index (χ1n) is 1.88. The third kappa shape index (κ3) is 2.85. The van der Waals surface area contributed by atoms with Gasteiger partial charge in [-0.3, -0.25) is 14.9 Å². The van der Waals surface area contributed by atoms with Crippen LogP contribution in [0.15, 0.2) is 0 Å². The number of imide groups is 1. The molecule has 0 saturated carbocycles. The molecule has 0 saturated heterocycles. The van der Waals surface area contributed by atoms with Crippen molar-refractivity contribution in [1.29, 1.82) is 5.26 Å². The van der Waals surface area contributed by atoms with Crippen LogP contribution in [0.5, 0.6) is 0 Å². The lowest BCUT2D eigenvalue weighted by Crippen LogP contribution is -2.25. The molecular weight excluding hydrogens is 108 g/mol. The minimum absolute atomic E-state index is 0.517. The lowest BCUT2D eigenvalue weighted by molar-refractivity contribution is -0.126. The molecule has 0 aliphatic heterocycles. The number of rotatable bonds is 0. The molecule has 0 radical (unpaired) electrons. The van der Waals surface area contributed by atoms with Crippen molar-refractivity contribution < 1.29 is 9.59 Å².